The van der Waals surface area contributed by atoms with Crippen LogP contribution in [0, 0.1) is 11.6 Å². The molecule has 0 unspecified atom stereocenters. The van der Waals surface area contributed by atoms with Gasteiger partial charge >= 0.3 is 0 Å². The van der Waals surface area contributed by atoms with E-state index in [4.69, 9.17) is 17.3 Å². The van der Waals surface area contributed by atoms with Crippen molar-refractivity contribution in [1.82, 2.24) is 0 Å². The maximum atomic E-state index is 13.6. The number of halogens is 4. The van der Waals surface area contributed by atoms with Gasteiger partial charge in [0.25, 0.3) is 5.91 Å². The van der Waals surface area contributed by atoms with Crippen LogP contribution in [0.15, 0.2) is 34.8 Å². The Labute approximate surface area is 126 Å². The molecule has 2 rings (SSSR count). The largest absolute Gasteiger partial charge is 0.398 e. The smallest absolute Gasteiger partial charge is 0.257 e. The van der Waals surface area contributed by atoms with E-state index < -0.39 is 17.5 Å². The molecule has 2 aromatic rings. The first-order valence-corrected chi connectivity index (χ1v) is 6.56. The quantitative estimate of drug-likeness (QED) is 0.622. The Kier molecular flexibility index (Phi) is 4.25. The fraction of sp³-hybridized carbons (Fsp3) is 0. The Hall–Kier alpha value is -1.66. The Morgan fingerprint density at radius 2 is 1.90 bits per heavy atom. The zero-order chi connectivity index (χ0) is 14.9. The third-order valence-electron chi connectivity index (χ3n) is 2.52. The van der Waals surface area contributed by atoms with E-state index in [2.05, 4.69) is 21.2 Å². The van der Waals surface area contributed by atoms with E-state index in [1.165, 1.54) is 18.2 Å². The van der Waals surface area contributed by atoms with Crippen LogP contribution in [-0.4, -0.2) is 5.91 Å². The number of nitrogen functional groups attached to an aromatic ring is 1. The van der Waals surface area contributed by atoms with Crippen LogP contribution >= 0.6 is 27.5 Å². The molecule has 20 heavy (non-hydrogen) atoms. The van der Waals surface area contributed by atoms with Gasteiger partial charge in [-0.15, -0.1) is 0 Å². The molecule has 0 heterocycles. The second-order valence-corrected chi connectivity index (χ2v) is 5.22. The van der Waals surface area contributed by atoms with Crippen molar-refractivity contribution in [2.75, 3.05) is 11.1 Å². The van der Waals surface area contributed by atoms with Crippen molar-refractivity contribution in [1.29, 1.82) is 0 Å². The molecule has 2 aromatic carbocycles. The first-order valence-electron chi connectivity index (χ1n) is 5.39. The lowest BCUT2D eigenvalue weighted by Crippen LogP contribution is -2.15. The van der Waals surface area contributed by atoms with E-state index in [0.29, 0.717) is 5.02 Å². The summed E-state index contributed by atoms with van der Waals surface area (Å²) >= 11 is 8.57. The van der Waals surface area contributed by atoms with Gasteiger partial charge in [-0.05, 0) is 40.2 Å². The predicted octanol–water partition coefficient (Wildman–Crippen LogP) is 4.22. The first kappa shape index (κ1) is 14.7. The molecule has 0 aromatic heterocycles. The number of carbonyl (C=O) groups excluding carboxylic acids is 1. The second kappa shape index (κ2) is 5.76. The van der Waals surface area contributed by atoms with Gasteiger partial charge in [-0.3, -0.25) is 4.79 Å². The van der Waals surface area contributed by atoms with Crippen molar-refractivity contribution in [2.45, 2.75) is 0 Å². The molecule has 3 N–H and O–H groups in total. The number of benzene rings is 2. The Balaban J connectivity index is 2.30. The molecule has 0 aliphatic heterocycles. The van der Waals surface area contributed by atoms with Gasteiger partial charge in [0.1, 0.15) is 11.6 Å². The van der Waals surface area contributed by atoms with Crippen LogP contribution in [-0.2, 0) is 0 Å². The van der Waals surface area contributed by atoms with Crippen LogP contribution in [0.25, 0.3) is 0 Å². The molecule has 0 bridgehead atoms. The highest BCUT2D eigenvalue weighted by atomic mass is 79.9. The first-order chi connectivity index (χ1) is 9.38. The van der Waals surface area contributed by atoms with Gasteiger partial charge in [0.15, 0.2) is 0 Å². The maximum Gasteiger partial charge on any atom is 0.257 e. The molecule has 0 radical (unpaired) electrons. The summed E-state index contributed by atoms with van der Waals surface area (Å²) in [6, 6.07) is 6.08. The van der Waals surface area contributed by atoms with Gasteiger partial charge in [-0.2, -0.15) is 0 Å². The summed E-state index contributed by atoms with van der Waals surface area (Å²) in [5, 5.41) is 2.63. The minimum atomic E-state index is -0.765. The fourth-order valence-electron chi connectivity index (χ4n) is 1.55. The number of carbonyl (C=O) groups is 1. The van der Waals surface area contributed by atoms with Crippen molar-refractivity contribution in [3.8, 4) is 0 Å². The van der Waals surface area contributed by atoms with E-state index in [0.717, 1.165) is 12.1 Å². The Morgan fingerprint density at radius 1 is 1.20 bits per heavy atom. The average Bonchev–Trinajstić information content (AvgIpc) is 2.35. The number of hydrogen-bond acceptors (Lipinski definition) is 2. The SMILES string of the molecule is Nc1cc(Cl)ccc1C(=O)Nc1cc(F)c(Br)cc1F. The van der Waals surface area contributed by atoms with E-state index in [1.54, 1.807) is 0 Å². The minimum absolute atomic E-state index is 0.0287. The summed E-state index contributed by atoms with van der Waals surface area (Å²) in [5.74, 6) is -2.11. The number of anilines is 2. The molecular formula is C13H8BrClF2N2O. The van der Waals surface area contributed by atoms with Gasteiger partial charge in [-0.25, -0.2) is 8.78 Å². The predicted molar refractivity (Wildman–Crippen MR) is 77.9 cm³/mol. The summed E-state index contributed by atoms with van der Waals surface area (Å²) < 4.78 is 26.9. The highest BCUT2D eigenvalue weighted by Crippen LogP contribution is 2.25. The summed E-state index contributed by atoms with van der Waals surface area (Å²) in [6.07, 6.45) is 0. The maximum absolute atomic E-state index is 13.6. The summed E-state index contributed by atoms with van der Waals surface area (Å²) in [6.45, 7) is 0. The lowest BCUT2D eigenvalue weighted by molar-refractivity contribution is 0.102. The Morgan fingerprint density at radius 3 is 2.55 bits per heavy atom. The molecular weight excluding hydrogens is 354 g/mol. The molecule has 0 saturated carbocycles. The minimum Gasteiger partial charge on any atom is -0.398 e. The Bertz CT molecular complexity index is 694. The molecule has 0 aliphatic rings. The van der Waals surface area contributed by atoms with Crippen LogP contribution in [0.4, 0.5) is 20.2 Å². The molecule has 3 nitrogen and oxygen atoms in total. The van der Waals surface area contributed by atoms with Gasteiger partial charge in [0, 0.05) is 16.8 Å². The molecule has 0 spiro atoms. The number of amides is 1. The number of hydrogen-bond donors (Lipinski definition) is 2. The van der Waals surface area contributed by atoms with Gasteiger partial charge < -0.3 is 11.1 Å². The lowest BCUT2D eigenvalue weighted by atomic mass is 10.1. The summed E-state index contributed by atoms with van der Waals surface area (Å²) in [7, 11) is 0. The molecule has 0 saturated heterocycles. The highest BCUT2D eigenvalue weighted by Gasteiger charge is 2.14. The lowest BCUT2D eigenvalue weighted by Gasteiger charge is -2.09. The molecule has 0 fully saturated rings. The van der Waals surface area contributed by atoms with E-state index >= 15 is 0 Å². The molecule has 7 heteroatoms. The van der Waals surface area contributed by atoms with Crippen molar-refractivity contribution in [2.24, 2.45) is 0 Å². The van der Waals surface area contributed by atoms with Crippen LogP contribution in [0.1, 0.15) is 10.4 Å². The third kappa shape index (κ3) is 3.08. The van der Waals surface area contributed by atoms with Crippen molar-refractivity contribution in [3.63, 3.8) is 0 Å². The van der Waals surface area contributed by atoms with E-state index in [9.17, 15) is 13.6 Å². The normalized spacial score (nSPS) is 10.4. The molecule has 0 atom stereocenters. The van der Waals surface area contributed by atoms with Crippen LogP contribution in [0.5, 0.6) is 0 Å². The van der Waals surface area contributed by atoms with Gasteiger partial charge in [0.2, 0.25) is 0 Å². The number of rotatable bonds is 2. The van der Waals surface area contributed by atoms with E-state index in [-0.39, 0.29) is 21.4 Å². The van der Waals surface area contributed by atoms with E-state index in [1.807, 2.05) is 0 Å². The molecule has 104 valence electrons. The van der Waals surface area contributed by atoms with Crippen molar-refractivity contribution in [3.05, 3.63) is 57.0 Å². The average molecular weight is 362 g/mol. The third-order valence-corrected chi connectivity index (χ3v) is 3.36. The summed E-state index contributed by atoms with van der Waals surface area (Å²) in [5.41, 5.74) is 5.64. The van der Waals surface area contributed by atoms with Crippen LogP contribution < -0.4 is 11.1 Å². The van der Waals surface area contributed by atoms with Crippen molar-refractivity contribution < 1.29 is 13.6 Å². The van der Waals surface area contributed by atoms with Crippen molar-refractivity contribution >= 4 is 44.8 Å². The topological polar surface area (TPSA) is 55.1 Å². The molecule has 1 amide bonds. The van der Waals surface area contributed by atoms with Crippen LogP contribution in [0.2, 0.25) is 5.02 Å². The standard InChI is InChI=1S/C13H8BrClF2N2O/c14-8-4-10(17)12(5-9(8)16)19-13(20)7-2-1-6(15)3-11(7)18/h1-5H,18H2,(H,19,20). The number of nitrogens with one attached hydrogen (secondary N) is 1. The zero-order valence-corrected chi connectivity index (χ0v) is 12.2. The fourth-order valence-corrected chi connectivity index (χ4v) is 2.04. The van der Waals surface area contributed by atoms with Crippen LogP contribution in [0.3, 0.4) is 0 Å². The summed E-state index contributed by atoms with van der Waals surface area (Å²) in [4.78, 5) is 12.0. The monoisotopic (exact) mass is 360 g/mol. The molecule has 0 aliphatic carbocycles. The highest BCUT2D eigenvalue weighted by molar-refractivity contribution is 9.10. The second-order valence-electron chi connectivity index (χ2n) is 3.93. The zero-order valence-electron chi connectivity index (χ0n) is 9.88. The van der Waals surface area contributed by atoms with Gasteiger partial charge in [-0.1, -0.05) is 11.6 Å². The van der Waals surface area contributed by atoms with Gasteiger partial charge in [0.05, 0.1) is 15.7 Å². The number of nitrogens with two attached hydrogens (primary N) is 1.